The summed E-state index contributed by atoms with van der Waals surface area (Å²) in [4.78, 5) is 3.16. The summed E-state index contributed by atoms with van der Waals surface area (Å²) in [6.45, 7) is 4.37. The van der Waals surface area contributed by atoms with Gasteiger partial charge in [-0.1, -0.05) is 19.1 Å². The summed E-state index contributed by atoms with van der Waals surface area (Å²) in [6, 6.07) is 5.79. The third kappa shape index (κ3) is 3.18. The van der Waals surface area contributed by atoms with Gasteiger partial charge >= 0.3 is 0 Å². The molecular weight excluding hydrogens is 258 g/mol. The second kappa shape index (κ2) is 6.24. The van der Waals surface area contributed by atoms with Crippen molar-refractivity contribution in [3.8, 4) is 11.5 Å². The SMILES string of the molecule is COc1ccc(C(=S)N2CCC(C)CC2)c(OC)c1. The molecule has 0 N–H and O–H groups in total. The van der Waals surface area contributed by atoms with Crippen LogP contribution in [0, 0.1) is 5.92 Å². The average molecular weight is 279 g/mol. The second-order valence-electron chi connectivity index (χ2n) is 5.04. The lowest BCUT2D eigenvalue weighted by Crippen LogP contribution is -2.37. The lowest BCUT2D eigenvalue weighted by molar-refractivity contribution is 0.283. The van der Waals surface area contributed by atoms with Crippen LogP contribution in [0.1, 0.15) is 25.3 Å². The zero-order valence-corrected chi connectivity index (χ0v) is 12.6. The topological polar surface area (TPSA) is 21.7 Å². The molecule has 0 bridgehead atoms. The molecule has 1 saturated heterocycles. The van der Waals surface area contributed by atoms with Crippen molar-refractivity contribution in [2.24, 2.45) is 5.92 Å². The van der Waals surface area contributed by atoms with Crippen molar-refractivity contribution >= 4 is 17.2 Å². The molecule has 0 aliphatic carbocycles. The maximum Gasteiger partial charge on any atom is 0.132 e. The largest absolute Gasteiger partial charge is 0.497 e. The van der Waals surface area contributed by atoms with E-state index in [2.05, 4.69) is 11.8 Å². The molecule has 0 saturated carbocycles. The molecule has 0 atom stereocenters. The van der Waals surface area contributed by atoms with Crippen LogP contribution in [0.25, 0.3) is 0 Å². The molecule has 4 heteroatoms. The molecule has 1 fully saturated rings. The Morgan fingerprint density at radius 2 is 1.89 bits per heavy atom. The lowest BCUT2D eigenvalue weighted by atomic mass is 9.98. The number of piperidine rings is 1. The van der Waals surface area contributed by atoms with Crippen molar-refractivity contribution in [3.63, 3.8) is 0 Å². The van der Waals surface area contributed by atoms with Crippen LogP contribution in [0.2, 0.25) is 0 Å². The van der Waals surface area contributed by atoms with E-state index in [0.29, 0.717) is 0 Å². The zero-order valence-electron chi connectivity index (χ0n) is 11.8. The molecular formula is C15H21NO2S. The molecule has 1 aromatic carbocycles. The van der Waals surface area contributed by atoms with Crippen LogP contribution >= 0.6 is 12.2 Å². The molecule has 3 nitrogen and oxygen atoms in total. The summed E-state index contributed by atoms with van der Waals surface area (Å²) in [6.07, 6.45) is 2.41. The highest BCUT2D eigenvalue weighted by atomic mass is 32.1. The van der Waals surface area contributed by atoms with Crippen molar-refractivity contribution < 1.29 is 9.47 Å². The van der Waals surface area contributed by atoms with E-state index in [0.717, 1.165) is 41.1 Å². The number of ether oxygens (including phenoxy) is 2. The maximum atomic E-state index is 5.62. The summed E-state index contributed by atoms with van der Waals surface area (Å²) < 4.78 is 10.6. The van der Waals surface area contributed by atoms with Gasteiger partial charge in [-0.25, -0.2) is 0 Å². The van der Waals surface area contributed by atoms with Crippen LogP contribution in [-0.2, 0) is 0 Å². The Balaban J connectivity index is 2.18. The van der Waals surface area contributed by atoms with Gasteiger partial charge in [0.15, 0.2) is 0 Å². The van der Waals surface area contributed by atoms with Crippen LogP contribution in [0.15, 0.2) is 18.2 Å². The third-order valence-electron chi connectivity index (χ3n) is 3.71. The third-order valence-corrected chi connectivity index (χ3v) is 4.19. The normalized spacial score (nSPS) is 16.3. The van der Waals surface area contributed by atoms with Gasteiger partial charge in [-0.2, -0.15) is 0 Å². The van der Waals surface area contributed by atoms with Gasteiger partial charge in [-0.3, -0.25) is 0 Å². The first-order chi connectivity index (χ1) is 9.15. The Morgan fingerprint density at radius 1 is 1.21 bits per heavy atom. The highest BCUT2D eigenvalue weighted by Crippen LogP contribution is 2.27. The summed E-state index contributed by atoms with van der Waals surface area (Å²) in [7, 11) is 3.32. The number of benzene rings is 1. The summed E-state index contributed by atoms with van der Waals surface area (Å²) in [5.41, 5.74) is 0.979. The lowest BCUT2D eigenvalue weighted by Gasteiger charge is -2.32. The molecule has 0 amide bonds. The number of rotatable bonds is 3. The fourth-order valence-corrected chi connectivity index (χ4v) is 2.71. The van der Waals surface area contributed by atoms with E-state index < -0.39 is 0 Å². The summed E-state index contributed by atoms with van der Waals surface area (Å²) >= 11 is 5.62. The highest BCUT2D eigenvalue weighted by Gasteiger charge is 2.21. The first-order valence-corrected chi connectivity index (χ1v) is 7.08. The molecule has 104 valence electrons. The van der Waals surface area contributed by atoms with E-state index >= 15 is 0 Å². The molecule has 0 aromatic heterocycles. The fourth-order valence-electron chi connectivity index (χ4n) is 2.36. The standard InChI is InChI=1S/C15H21NO2S/c1-11-6-8-16(9-7-11)15(19)13-5-4-12(17-2)10-14(13)18-3/h4-5,10-11H,6-9H2,1-3H3. The molecule has 0 spiro atoms. The minimum absolute atomic E-state index is 0.781. The molecule has 1 heterocycles. The highest BCUT2D eigenvalue weighted by molar-refractivity contribution is 7.80. The average Bonchev–Trinajstić information content (AvgIpc) is 2.46. The van der Waals surface area contributed by atoms with Crippen LogP contribution in [0.4, 0.5) is 0 Å². The molecule has 0 unspecified atom stereocenters. The quantitative estimate of drug-likeness (QED) is 0.793. The summed E-state index contributed by atoms with van der Waals surface area (Å²) in [5, 5.41) is 0. The maximum absolute atomic E-state index is 5.62. The molecule has 2 rings (SSSR count). The number of hydrogen-bond acceptors (Lipinski definition) is 3. The number of methoxy groups -OCH3 is 2. The van der Waals surface area contributed by atoms with E-state index in [1.54, 1.807) is 14.2 Å². The van der Waals surface area contributed by atoms with Crippen molar-refractivity contribution in [1.82, 2.24) is 4.90 Å². The van der Waals surface area contributed by atoms with Gasteiger partial charge in [0.25, 0.3) is 0 Å². The van der Waals surface area contributed by atoms with Crippen molar-refractivity contribution in [3.05, 3.63) is 23.8 Å². The predicted molar refractivity (Wildman–Crippen MR) is 81.2 cm³/mol. The van der Waals surface area contributed by atoms with Gasteiger partial charge in [-0.05, 0) is 30.9 Å². The van der Waals surface area contributed by atoms with E-state index in [1.807, 2.05) is 18.2 Å². The minimum Gasteiger partial charge on any atom is -0.497 e. The summed E-state index contributed by atoms with van der Waals surface area (Å²) in [5.74, 6) is 2.37. The molecule has 0 radical (unpaired) electrons. The minimum atomic E-state index is 0.781. The van der Waals surface area contributed by atoms with E-state index in [9.17, 15) is 0 Å². The van der Waals surface area contributed by atoms with Crippen LogP contribution < -0.4 is 9.47 Å². The smallest absolute Gasteiger partial charge is 0.132 e. The van der Waals surface area contributed by atoms with Gasteiger partial charge in [0.1, 0.15) is 16.5 Å². The first kappa shape index (κ1) is 14.1. The number of nitrogens with zero attached hydrogens (tertiary/aromatic N) is 1. The molecule has 19 heavy (non-hydrogen) atoms. The predicted octanol–water partition coefficient (Wildman–Crippen LogP) is 3.11. The van der Waals surface area contributed by atoms with E-state index in [-0.39, 0.29) is 0 Å². The fraction of sp³-hybridized carbons (Fsp3) is 0.533. The number of hydrogen-bond donors (Lipinski definition) is 0. The van der Waals surface area contributed by atoms with Gasteiger partial charge in [0.05, 0.1) is 19.8 Å². The zero-order chi connectivity index (χ0) is 13.8. The molecule has 1 aliphatic heterocycles. The van der Waals surface area contributed by atoms with Crippen molar-refractivity contribution in [1.29, 1.82) is 0 Å². The monoisotopic (exact) mass is 279 g/mol. The Kier molecular flexibility index (Phi) is 4.64. The Labute approximate surface area is 120 Å². The van der Waals surface area contributed by atoms with Crippen molar-refractivity contribution in [2.75, 3.05) is 27.3 Å². The first-order valence-electron chi connectivity index (χ1n) is 6.67. The Bertz CT molecular complexity index is 453. The molecule has 1 aromatic rings. The Hall–Kier alpha value is -1.29. The van der Waals surface area contributed by atoms with E-state index in [1.165, 1.54) is 12.8 Å². The van der Waals surface area contributed by atoms with Gasteiger partial charge in [0.2, 0.25) is 0 Å². The van der Waals surface area contributed by atoms with Crippen molar-refractivity contribution in [2.45, 2.75) is 19.8 Å². The van der Waals surface area contributed by atoms with Crippen LogP contribution in [0.3, 0.4) is 0 Å². The second-order valence-corrected chi connectivity index (χ2v) is 5.43. The van der Waals surface area contributed by atoms with Gasteiger partial charge in [-0.15, -0.1) is 0 Å². The van der Waals surface area contributed by atoms with Crippen LogP contribution in [0.5, 0.6) is 11.5 Å². The van der Waals surface area contributed by atoms with Gasteiger partial charge in [0, 0.05) is 19.2 Å². The van der Waals surface area contributed by atoms with Crippen LogP contribution in [-0.4, -0.2) is 37.2 Å². The number of thiocarbonyl (C=S) groups is 1. The Morgan fingerprint density at radius 3 is 2.47 bits per heavy atom. The molecule has 1 aliphatic rings. The van der Waals surface area contributed by atoms with Gasteiger partial charge < -0.3 is 14.4 Å². The van der Waals surface area contributed by atoms with E-state index in [4.69, 9.17) is 21.7 Å². The number of likely N-dealkylation sites (tertiary alicyclic amines) is 1.